The lowest BCUT2D eigenvalue weighted by molar-refractivity contribution is -0.119. The van der Waals surface area contributed by atoms with Gasteiger partial charge in [-0.3, -0.25) is 4.79 Å². The summed E-state index contributed by atoms with van der Waals surface area (Å²) in [5.74, 6) is 1.53. The second-order valence-electron chi connectivity index (χ2n) is 6.66. The Labute approximate surface area is 167 Å². The lowest BCUT2D eigenvalue weighted by atomic mass is 10.1. The number of benzene rings is 2. The predicted molar refractivity (Wildman–Crippen MR) is 111 cm³/mol. The Balaban J connectivity index is 1.28. The van der Waals surface area contributed by atoms with Gasteiger partial charge in [0.1, 0.15) is 0 Å². The average molecular weight is 400 g/mol. The third-order valence-electron chi connectivity index (χ3n) is 4.76. The van der Waals surface area contributed by atoms with Crippen LogP contribution in [0.3, 0.4) is 0 Å². The maximum Gasteiger partial charge on any atom is 0.338 e. The van der Waals surface area contributed by atoms with Gasteiger partial charge in [-0.05, 0) is 60.2 Å². The lowest BCUT2D eigenvalue weighted by Gasteiger charge is -2.10. The molecular weight excluding hydrogens is 378 g/mol. The van der Waals surface area contributed by atoms with E-state index in [9.17, 15) is 9.59 Å². The number of hydrogen-bond donors (Lipinski definition) is 1. The molecule has 6 heteroatoms. The summed E-state index contributed by atoms with van der Waals surface area (Å²) in [7, 11) is 0. The zero-order valence-corrected chi connectivity index (χ0v) is 16.5. The van der Waals surface area contributed by atoms with Crippen LogP contribution in [0, 0.1) is 0 Å². The standard InChI is InChI=1S/C21H21NO3S2/c23-19(22-18-9-8-14-2-1-3-17(14)12-18)13-25-20(24)15-4-6-16(7-5-15)21-26-10-11-27-21/h4-9,12,21H,1-3,10-11,13H2,(H,22,23). The van der Waals surface area contributed by atoms with Gasteiger partial charge >= 0.3 is 5.97 Å². The molecule has 140 valence electrons. The number of ether oxygens (including phenoxy) is 1. The fourth-order valence-electron chi connectivity index (χ4n) is 3.39. The molecule has 0 atom stereocenters. The molecule has 4 nitrogen and oxygen atoms in total. The number of nitrogens with one attached hydrogen (secondary N) is 1. The molecule has 1 heterocycles. The summed E-state index contributed by atoms with van der Waals surface area (Å²) in [6, 6.07) is 13.5. The van der Waals surface area contributed by atoms with Crippen LogP contribution in [0.1, 0.15) is 38.1 Å². The predicted octanol–water partition coefficient (Wildman–Crippen LogP) is 4.45. The number of hydrogen-bond acceptors (Lipinski definition) is 5. The van der Waals surface area contributed by atoms with E-state index in [1.165, 1.54) is 34.6 Å². The van der Waals surface area contributed by atoms with Crippen molar-refractivity contribution < 1.29 is 14.3 Å². The van der Waals surface area contributed by atoms with Gasteiger partial charge in [0, 0.05) is 17.2 Å². The summed E-state index contributed by atoms with van der Waals surface area (Å²) >= 11 is 3.85. The molecule has 1 saturated heterocycles. The number of carbonyl (C=O) groups is 2. The molecule has 1 fully saturated rings. The molecule has 0 spiro atoms. The van der Waals surface area contributed by atoms with Crippen LogP contribution in [0.2, 0.25) is 0 Å². The third-order valence-corrected chi connectivity index (χ3v) is 7.86. The minimum atomic E-state index is -0.475. The fraction of sp³-hybridized carbons (Fsp3) is 0.333. The minimum absolute atomic E-state index is 0.286. The lowest BCUT2D eigenvalue weighted by Crippen LogP contribution is -2.21. The van der Waals surface area contributed by atoms with Crippen LogP contribution in [-0.4, -0.2) is 30.0 Å². The monoisotopic (exact) mass is 399 g/mol. The van der Waals surface area contributed by atoms with Crippen molar-refractivity contribution in [2.45, 2.75) is 23.8 Å². The third kappa shape index (κ3) is 4.50. The smallest absolute Gasteiger partial charge is 0.338 e. The Morgan fingerprint density at radius 1 is 1.00 bits per heavy atom. The van der Waals surface area contributed by atoms with Crippen LogP contribution in [0.25, 0.3) is 0 Å². The molecule has 1 amide bonds. The summed E-state index contributed by atoms with van der Waals surface area (Å²) in [6.45, 7) is -0.286. The first-order valence-corrected chi connectivity index (χ1v) is 11.2. The first-order chi connectivity index (χ1) is 13.2. The Morgan fingerprint density at radius 3 is 2.52 bits per heavy atom. The zero-order valence-electron chi connectivity index (χ0n) is 14.9. The maximum absolute atomic E-state index is 12.2. The number of aryl methyl sites for hydroxylation is 2. The number of esters is 1. The van der Waals surface area contributed by atoms with E-state index in [4.69, 9.17) is 4.74 Å². The van der Waals surface area contributed by atoms with E-state index in [0.717, 1.165) is 18.5 Å². The van der Waals surface area contributed by atoms with Crippen LogP contribution < -0.4 is 5.32 Å². The number of carbonyl (C=O) groups excluding carboxylic acids is 2. The van der Waals surface area contributed by atoms with Gasteiger partial charge in [0.25, 0.3) is 5.91 Å². The largest absolute Gasteiger partial charge is 0.452 e. The minimum Gasteiger partial charge on any atom is -0.452 e. The molecule has 1 aliphatic carbocycles. The van der Waals surface area contributed by atoms with Gasteiger partial charge in [0.15, 0.2) is 6.61 Å². The molecule has 2 aliphatic rings. The molecule has 0 bridgehead atoms. The van der Waals surface area contributed by atoms with Crippen molar-refractivity contribution in [3.05, 3.63) is 64.7 Å². The van der Waals surface area contributed by atoms with E-state index >= 15 is 0 Å². The number of rotatable bonds is 5. The summed E-state index contributed by atoms with van der Waals surface area (Å²) in [6.07, 6.45) is 3.33. The summed E-state index contributed by atoms with van der Waals surface area (Å²) in [5, 5.41) is 2.80. The topological polar surface area (TPSA) is 55.4 Å². The molecule has 1 aliphatic heterocycles. The van der Waals surface area contributed by atoms with Crippen LogP contribution in [0.15, 0.2) is 42.5 Å². The molecule has 2 aromatic carbocycles. The number of amides is 1. The summed E-state index contributed by atoms with van der Waals surface area (Å²) in [4.78, 5) is 24.3. The Hall–Kier alpha value is -1.92. The van der Waals surface area contributed by atoms with Crippen molar-refractivity contribution in [2.75, 3.05) is 23.4 Å². The van der Waals surface area contributed by atoms with Crippen LogP contribution in [0.4, 0.5) is 5.69 Å². The highest BCUT2D eigenvalue weighted by Crippen LogP contribution is 2.45. The molecule has 1 N–H and O–H groups in total. The number of fused-ring (bicyclic) bond motifs is 1. The van der Waals surface area contributed by atoms with Crippen molar-refractivity contribution in [3.63, 3.8) is 0 Å². The molecule has 0 aromatic heterocycles. The first-order valence-electron chi connectivity index (χ1n) is 9.11. The van der Waals surface area contributed by atoms with E-state index in [1.54, 1.807) is 12.1 Å². The molecule has 27 heavy (non-hydrogen) atoms. The van der Waals surface area contributed by atoms with E-state index in [2.05, 4.69) is 11.4 Å². The fourth-order valence-corrected chi connectivity index (χ4v) is 6.25. The van der Waals surface area contributed by atoms with E-state index in [1.807, 2.05) is 47.8 Å². The number of thioether (sulfide) groups is 2. The first kappa shape index (κ1) is 18.4. The second-order valence-corrected chi connectivity index (χ2v) is 9.38. The van der Waals surface area contributed by atoms with E-state index in [0.29, 0.717) is 10.1 Å². The van der Waals surface area contributed by atoms with Gasteiger partial charge in [-0.25, -0.2) is 4.79 Å². The number of anilines is 1. The highest BCUT2D eigenvalue weighted by atomic mass is 32.2. The average Bonchev–Trinajstić information content (AvgIpc) is 3.37. The molecule has 0 unspecified atom stereocenters. The summed E-state index contributed by atoms with van der Waals surface area (Å²) in [5.41, 5.74) is 5.10. The van der Waals surface area contributed by atoms with Crippen LogP contribution >= 0.6 is 23.5 Å². The summed E-state index contributed by atoms with van der Waals surface area (Å²) < 4.78 is 5.61. The SMILES string of the molecule is O=C(COC(=O)c1ccc(C2SCCS2)cc1)Nc1ccc2c(c1)CCC2. The van der Waals surface area contributed by atoms with Gasteiger partial charge < -0.3 is 10.1 Å². The molecule has 0 saturated carbocycles. The Bertz CT molecular complexity index is 845. The van der Waals surface area contributed by atoms with Gasteiger partial charge in [-0.15, -0.1) is 23.5 Å². The maximum atomic E-state index is 12.2. The van der Waals surface area contributed by atoms with Gasteiger partial charge in [-0.1, -0.05) is 18.2 Å². The highest BCUT2D eigenvalue weighted by molar-refractivity contribution is 8.19. The van der Waals surface area contributed by atoms with Gasteiger partial charge in [0.2, 0.25) is 0 Å². The van der Waals surface area contributed by atoms with Crippen molar-refractivity contribution in [1.82, 2.24) is 0 Å². The van der Waals surface area contributed by atoms with Crippen molar-refractivity contribution in [3.8, 4) is 0 Å². The van der Waals surface area contributed by atoms with Gasteiger partial charge in [-0.2, -0.15) is 0 Å². The normalized spacial score (nSPS) is 16.1. The van der Waals surface area contributed by atoms with Gasteiger partial charge in [0.05, 0.1) is 10.1 Å². The molecule has 4 rings (SSSR count). The quantitative estimate of drug-likeness (QED) is 0.753. The van der Waals surface area contributed by atoms with Crippen molar-refractivity contribution in [2.24, 2.45) is 0 Å². The van der Waals surface area contributed by atoms with Crippen molar-refractivity contribution in [1.29, 1.82) is 0 Å². The Kier molecular flexibility index (Phi) is 5.74. The molecular formula is C21H21NO3S2. The second kappa shape index (κ2) is 8.40. The molecule has 2 aromatic rings. The van der Waals surface area contributed by atoms with E-state index in [-0.39, 0.29) is 12.5 Å². The van der Waals surface area contributed by atoms with E-state index < -0.39 is 5.97 Å². The van der Waals surface area contributed by atoms with Crippen LogP contribution in [-0.2, 0) is 22.4 Å². The zero-order chi connectivity index (χ0) is 18.6. The van der Waals surface area contributed by atoms with Crippen molar-refractivity contribution >= 4 is 41.1 Å². The molecule has 0 radical (unpaired) electrons. The Morgan fingerprint density at radius 2 is 1.74 bits per heavy atom. The highest BCUT2D eigenvalue weighted by Gasteiger charge is 2.19. The van der Waals surface area contributed by atoms with Crippen LogP contribution in [0.5, 0.6) is 0 Å².